The summed E-state index contributed by atoms with van der Waals surface area (Å²) in [5.74, 6) is -0.387. The molecule has 0 aliphatic rings. The molecule has 0 unspecified atom stereocenters. The molecule has 0 aromatic heterocycles. The number of hydrogen-bond donors (Lipinski definition) is 3. The normalized spacial score (nSPS) is 10.6. The minimum Gasteiger partial charge on any atom is -0.392 e. The molecular weight excluding hydrogens is 214 g/mol. The predicted octanol–water partition coefficient (Wildman–Crippen LogP) is -0.449. The van der Waals surface area contributed by atoms with Crippen molar-refractivity contribution in [1.29, 1.82) is 0 Å². The molecule has 4 N–H and O–H groups in total. The zero-order chi connectivity index (χ0) is 12.1. The van der Waals surface area contributed by atoms with Gasteiger partial charge in [-0.15, -0.1) is 0 Å². The zero-order valence-electron chi connectivity index (χ0n) is 9.22. The molecule has 86 valence electrons. The van der Waals surface area contributed by atoms with E-state index in [4.69, 9.17) is 18.0 Å². The average Bonchev–Trinajstić information content (AvgIpc) is 2.16. The van der Waals surface area contributed by atoms with E-state index in [9.17, 15) is 9.59 Å². The number of carbonyl (C=O) groups is 2. The number of nitrogens with two attached hydrogens (primary N) is 1. The molecule has 15 heavy (non-hydrogen) atoms. The smallest absolute Gasteiger partial charge is 0.232 e. The summed E-state index contributed by atoms with van der Waals surface area (Å²) in [6.07, 6.45) is 0.246. The van der Waals surface area contributed by atoms with Crippen LogP contribution in [-0.4, -0.2) is 30.4 Å². The molecule has 0 atom stereocenters. The highest BCUT2D eigenvalue weighted by Crippen LogP contribution is 2.14. The molecule has 0 heterocycles. The van der Waals surface area contributed by atoms with Crippen molar-refractivity contribution in [2.75, 3.05) is 13.6 Å². The third kappa shape index (κ3) is 4.24. The van der Waals surface area contributed by atoms with Gasteiger partial charge in [-0.1, -0.05) is 12.2 Å². The Hall–Kier alpha value is -1.17. The van der Waals surface area contributed by atoms with Crippen molar-refractivity contribution in [2.24, 2.45) is 11.1 Å². The number of thiocarbonyl (C=S) groups is 1. The van der Waals surface area contributed by atoms with E-state index in [2.05, 4.69) is 10.6 Å². The molecule has 5 nitrogen and oxygen atoms in total. The maximum absolute atomic E-state index is 11.6. The van der Waals surface area contributed by atoms with Gasteiger partial charge >= 0.3 is 0 Å². The molecule has 2 amide bonds. The van der Waals surface area contributed by atoms with E-state index >= 15 is 0 Å². The first-order valence-corrected chi connectivity index (χ1v) is 5.02. The second kappa shape index (κ2) is 5.65. The quantitative estimate of drug-likeness (QED) is 0.560. The molecule has 0 saturated heterocycles. The topological polar surface area (TPSA) is 84.2 Å². The van der Waals surface area contributed by atoms with Gasteiger partial charge in [0.15, 0.2) is 0 Å². The molecule has 0 bridgehead atoms. The standard InChI is InChI=1S/C9H17N3O2S/c1-9(2,7(10)15)8(14)12-5-4-6(13)11-3/h4-5H2,1-3H3,(H2,10,15)(H,11,13)(H,12,14). The lowest BCUT2D eigenvalue weighted by Crippen LogP contribution is -2.45. The highest BCUT2D eigenvalue weighted by Gasteiger charge is 2.30. The highest BCUT2D eigenvalue weighted by molar-refractivity contribution is 7.80. The molecule has 0 fully saturated rings. The minimum absolute atomic E-state index is 0.122. The Morgan fingerprint density at radius 2 is 1.93 bits per heavy atom. The van der Waals surface area contributed by atoms with Gasteiger partial charge in [0.25, 0.3) is 0 Å². The predicted molar refractivity (Wildman–Crippen MR) is 62.3 cm³/mol. The maximum atomic E-state index is 11.6. The van der Waals surface area contributed by atoms with Crippen LogP contribution in [0.5, 0.6) is 0 Å². The van der Waals surface area contributed by atoms with Crippen molar-refractivity contribution in [2.45, 2.75) is 20.3 Å². The third-order valence-corrected chi connectivity index (χ3v) is 2.61. The Morgan fingerprint density at radius 3 is 2.33 bits per heavy atom. The van der Waals surface area contributed by atoms with Crippen molar-refractivity contribution in [3.8, 4) is 0 Å². The third-order valence-electron chi connectivity index (χ3n) is 2.10. The van der Waals surface area contributed by atoms with Crippen LogP contribution in [0.1, 0.15) is 20.3 Å². The monoisotopic (exact) mass is 231 g/mol. The largest absolute Gasteiger partial charge is 0.392 e. The Morgan fingerprint density at radius 1 is 1.40 bits per heavy atom. The van der Waals surface area contributed by atoms with Crippen LogP contribution in [-0.2, 0) is 9.59 Å². The lowest BCUT2D eigenvalue weighted by atomic mass is 9.92. The summed E-state index contributed by atoms with van der Waals surface area (Å²) in [5.41, 5.74) is 4.54. The number of nitrogens with one attached hydrogen (secondary N) is 2. The lowest BCUT2D eigenvalue weighted by Gasteiger charge is -2.21. The molecular formula is C9H17N3O2S. The molecule has 0 rings (SSSR count). The highest BCUT2D eigenvalue weighted by atomic mass is 32.1. The Kier molecular flexibility index (Phi) is 5.21. The van der Waals surface area contributed by atoms with Gasteiger partial charge in [-0.05, 0) is 13.8 Å². The Labute approximate surface area is 94.8 Å². The zero-order valence-corrected chi connectivity index (χ0v) is 10.0. The van der Waals surface area contributed by atoms with E-state index in [0.717, 1.165) is 0 Å². The first kappa shape index (κ1) is 13.8. The molecule has 0 saturated carbocycles. The summed E-state index contributed by atoms with van der Waals surface area (Å²) in [4.78, 5) is 22.6. The fourth-order valence-corrected chi connectivity index (χ4v) is 0.840. The average molecular weight is 231 g/mol. The molecule has 6 heteroatoms. The van der Waals surface area contributed by atoms with E-state index in [-0.39, 0.29) is 29.8 Å². The molecule has 0 aliphatic heterocycles. The summed E-state index contributed by atoms with van der Waals surface area (Å²) in [5, 5.41) is 5.06. The van der Waals surface area contributed by atoms with E-state index < -0.39 is 5.41 Å². The van der Waals surface area contributed by atoms with E-state index in [1.807, 2.05) is 0 Å². The van der Waals surface area contributed by atoms with Crippen molar-refractivity contribution in [1.82, 2.24) is 10.6 Å². The van der Waals surface area contributed by atoms with Gasteiger partial charge in [-0.25, -0.2) is 0 Å². The van der Waals surface area contributed by atoms with Crippen molar-refractivity contribution >= 4 is 29.0 Å². The van der Waals surface area contributed by atoms with Crippen LogP contribution in [0.4, 0.5) is 0 Å². The number of rotatable bonds is 5. The summed E-state index contributed by atoms with van der Waals surface area (Å²) in [6.45, 7) is 3.57. The second-order valence-electron chi connectivity index (χ2n) is 3.67. The number of hydrogen-bond acceptors (Lipinski definition) is 3. The van der Waals surface area contributed by atoms with Crippen LogP contribution in [0, 0.1) is 5.41 Å². The van der Waals surface area contributed by atoms with Crippen LogP contribution in [0.2, 0.25) is 0 Å². The fourth-order valence-electron chi connectivity index (χ4n) is 0.747. The van der Waals surface area contributed by atoms with E-state index in [1.54, 1.807) is 20.9 Å². The van der Waals surface area contributed by atoms with Gasteiger partial charge in [0.1, 0.15) is 0 Å². The van der Waals surface area contributed by atoms with Crippen molar-refractivity contribution < 1.29 is 9.59 Å². The van der Waals surface area contributed by atoms with E-state index in [0.29, 0.717) is 0 Å². The fraction of sp³-hybridized carbons (Fsp3) is 0.667. The molecule has 0 radical (unpaired) electrons. The number of amides is 2. The van der Waals surface area contributed by atoms with Crippen molar-refractivity contribution in [3.05, 3.63) is 0 Å². The van der Waals surface area contributed by atoms with Crippen molar-refractivity contribution in [3.63, 3.8) is 0 Å². The number of carbonyl (C=O) groups excluding carboxylic acids is 2. The van der Waals surface area contributed by atoms with Crippen LogP contribution >= 0.6 is 12.2 Å². The van der Waals surface area contributed by atoms with Gasteiger partial charge in [0.05, 0.1) is 10.4 Å². The maximum Gasteiger partial charge on any atom is 0.232 e. The molecule has 0 aliphatic carbocycles. The SMILES string of the molecule is CNC(=O)CCNC(=O)C(C)(C)C(N)=S. The minimum atomic E-state index is -0.877. The van der Waals surface area contributed by atoms with E-state index in [1.165, 1.54) is 0 Å². The van der Waals surface area contributed by atoms with Gasteiger partial charge in [0.2, 0.25) is 11.8 Å². The summed E-state index contributed by atoms with van der Waals surface area (Å²) in [7, 11) is 1.54. The van der Waals surface area contributed by atoms with Crippen LogP contribution in [0.15, 0.2) is 0 Å². The first-order valence-electron chi connectivity index (χ1n) is 4.61. The summed E-state index contributed by atoms with van der Waals surface area (Å²) < 4.78 is 0. The lowest BCUT2D eigenvalue weighted by molar-refractivity contribution is -0.126. The van der Waals surface area contributed by atoms with Gasteiger partial charge in [0, 0.05) is 20.0 Å². The van der Waals surface area contributed by atoms with Crippen LogP contribution in [0.3, 0.4) is 0 Å². The first-order chi connectivity index (χ1) is 6.82. The van der Waals surface area contributed by atoms with Gasteiger partial charge in [-0.2, -0.15) is 0 Å². The molecule has 0 spiro atoms. The molecule has 0 aromatic rings. The molecule has 0 aromatic carbocycles. The Bertz CT molecular complexity index is 277. The summed E-state index contributed by atoms with van der Waals surface area (Å²) >= 11 is 4.77. The van der Waals surface area contributed by atoms with Gasteiger partial charge < -0.3 is 16.4 Å². The Balaban J connectivity index is 4.05. The van der Waals surface area contributed by atoms with Crippen LogP contribution < -0.4 is 16.4 Å². The second-order valence-corrected chi connectivity index (χ2v) is 4.11. The van der Waals surface area contributed by atoms with Gasteiger partial charge in [-0.3, -0.25) is 9.59 Å². The van der Waals surface area contributed by atoms with Crippen LogP contribution in [0.25, 0.3) is 0 Å². The summed E-state index contributed by atoms with van der Waals surface area (Å²) in [6, 6.07) is 0.